The number of halogens is 1. The van der Waals surface area contributed by atoms with Crippen molar-refractivity contribution in [3.8, 4) is 5.75 Å². The van der Waals surface area contributed by atoms with E-state index in [0.29, 0.717) is 18.6 Å². The van der Waals surface area contributed by atoms with Crippen LogP contribution >= 0.6 is 24.0 Å². The quantitative estimate of drug-likeness (QED) is 0.488. The van der Waals surface area contributed by atoms with Crippen molar-refractivity contribution in [2.45, 2.75) is 24.9 Å². The monoisotopic (exact) mass is 345 g/mol. The van der Waals surface area contributed by atoms with E-state index in [0.717, 1.165) is 11.3 Å². The van der Waals surface area contributed by atoms with Crippen LogP contribution < -0.4 is 15.8 Å². The molecule has 1 heterocycles. The number of fused-ring (bicyclic) bond motifs is 1. The zero-order valence-corrected chi connectivity index (χ0v) is 11.8. The van der Waals surface area contributed by atoms with Gasteiger partial charge in [0.1, 0.15) is 18.4 Å². The zero-order valence-electron chi connectivity index (χ0n) is 9.43. The molecule has 0 aromatic heterocycles. The van der Waals surface area contributed by atoms with E-state index in [1.807, 2.05) is 24.3 Å². The van der Waals surface area contributed by atoms with Gasteiger partial charge in [0, 0.05) is 11.6 Å². The fraction of sp³-hybridized carbons (Fsp3) is 0.417. The molecule has 3 rings (SSSR count). The number of ether oxygens (including phenoxy) is 1. The summed E-state index contributed by atoms with van der Waals surface area (Å²) in [5, 5.41) is 3.18. The minimum atomic E-state index is 0. The van der Waals surface area contributed by atoms with Crippen LogP contribution in [0, 0.1) is 0 Å². The Bertz CT molecular complexity index is 432. The van der Waals surface area contributed by atoms with Gasteiger partial charge >= 0.3 is 0 Å². The molecule has 0 amide bonds. The summed E-state index contributed by atoms with van der Waals surface area (Å²) < 4.78 is 5.54. The lowest BCUT2D eigenvalue weighted by atomic mass is 10.1. The van der Waals surface area contributed by atoms with Gasteiger partial charge in [-0.05, 0) is 18.9 Å². The predicted octanol–water partition coefficient (Wildman–Crippen LogP) is 1.80. The Morgan fingerprint density at radius 3 is 2.88 bits per heavy atom. The summed E-state index contributed by atoms with van der Waals surface area (Å²) in [6.45, 7) is 0.590. The van der Waals surface area contributed by atoms with Gasteiger partial charge in [0.25, 0.3) is 0 Å². The average Bonchev–Trinajstić information content (AvgIpc) is 3.00. The second-order valence-corrected chi connectivity index (χ2v) is 4.30. The highest BCUT2D eigenvalue weighted by atomic mass is 127. The molecule has 3 N–H and O–H groups in total. The van der Waals surface area contributed by atoms with Crippen molar-refractivity contribution in [1.82, 2.24) is 5.32 Å². The number of nitrogens with two attached hydrogens (primary N) is 1. The Morgan fingerprint density at radius 2 is 2.12 bits per heavy atom. The van der Waals surface area contributed by atoms with E-state index in [4.69, 9.17) is 10.5 Å². The molecule has 5 heteroatoms. The molecule has 0 spiro atoms. The molecule has 1 atom stereocenters. The minimum Gasteiger partial charge on any atom is -0.491 e. The molecule has 17 heavy (non-hydrogen) atoms. The molecular formula is C12H16IN3O. The molecule has 1 aliphatic carbocycles. The number of nitrogens with zero attached hydrogens (tertiary/aromatic N) is 1. The maximum absolute atomic E-state index is 5.83. The largest absolute Gasteiger partial charge is 0.491 e. The predicted molar refractivity (Wildman–Crippen MR) is 77.9 cm³/mol. The third-order valence-electron chi connectivity index (χ3n) is 2.90. The Kier molecular flexibility index (Phi) is 3.76. The van der Waals surface area contributed by atoms with Crippen LogP contribution in [0.25, 0.3) is 0 Å². The van der Waals surface area contributed by atoms with Crippen LogP contribution in [0.15, 0.2) is 29.3 Å². The van der Waals surface area contributed by atoms with E-state index in [1.165, 1.54) is 12.8 Å². The van der Waals surface area contributed by atoms with E-state index < -0.39 is 0 Å². The van der Waals surface area contributed by atoms with Gasteiger partial charge in [-0.1, -0.05) is 18.2 Å². The number of rotatable bonds is 2. The lowest BCUT2D eigenvalue weighted by molar-refractivity contribution is 0.333. The first-order valence-corrected chi connectivity index (χ1v) is 5.64. The third-order valence-corrected chi connectivity index (χ3v) is 2.90. The van der Waals surface area contributed by atoms with Gasteiger partial charge in [-0.25, -0.2) is 4.99 Å². The van der Waals surface area contributed by atoms with Crippen LogP contribution in [-0.4, -0.2) is 18.6 Å². The zero-order chi connectivity index (χ0) is 11.0. The standard InChI is InChI=1S/C12H15N3O.HI/c13-12(14-8-5-6-8)15-10-7-16-11-4-2-1-3-9(10)11;/h1-4,8,10H,5-7H2,(H3,13,14,15);1H. The number of nitrogens with one attached hydrogen (secondary N) is 1. The first-order valence-electron chi connectivity index (χ1n) is 5.64. The van der Waals surface area contributed by atoms with Gasteiger partial charge in [-0.3, -0.25) is 0 Å². The van der Waals surface area contributed by atoms with Gasteiger partial charge in [0.05, 0.1) is 0 Å². The number of para-hydroxylation sites is 1. The van der Waals surface area contributed by atoms with E-state index in [1.54, 1.807) is 0 Å². The number of hydrogen-bond acceptors (Lipinski definition) is 2. The SMILES string of the molecule is I.NC(=NC1COc2ccccc21)NC1CC1. The summed E-state index contributed by atoms with van der Waals surface area (Å²) >= 11 is 0. The lowest BCUT2D eigenvalue weighted by Crippen LogP contribution is -2.33. The number of hydrogen-bond donors (Lipinski definition) is 2. The molecule has 1 unspecified atom stereocenters. The van der Waals surface area contributed by atoms with Crippen molar-refractivity contribution in [1.29, 1.82) is 0 Å². The van der Waals surface area contributed by atoms with Crippen LogP contribution in [0.5, 0.6) is 5.75 Å². The first-order chi connectivity index (χ1) is 7.83. The molecule has 1 saturated carbocycles. The van der Waals surface area contributed by atoms with Crippen molar-refractivity contribution in [3.05, 3.63) is 29.8 Å². The maximum Gasteiger partial charge on any atom is 0.189 e. The highest BCUT2D eigenvalue weighted by molar-refractivity contribution is 14.0. The summed E-state index contributed by atoms with van der Waals surface area (Å²) in [4.78, 5) is 4.46. The van der Waals surface area contributed by atoms with Crippen LogP contribution in [0.3, 0.4) is 0 Å². The fourth-order valence-corrected chi connectivity index (χ4v) is 1.89. The first kappa shape index (κ1) is 12.5. The number of aliphatic imine (C=N–C) groups is 1. The van der Waals surface area contributed by atoms with Gasteiger partial charge < -0.3 is 15.8 Å². The van der Waals surface area contributed by atoms with Crippen LogP contribution in [0.2, 0.25) is 0 Å². The Hall–Kier alpha value is -0.980. The van der Waals surface area contributed by atoms with E-state index in [9.17, 15) is 0 Å². The molecule has 0 bridgehead atoms. The summed E-state index contributed by atoms with van der Waals surface area (Å²) in [5.41, 5.74) is 6.96. The Labute approximate surface area is 118 Å². The average molecular weight is 345 g/mol. The van der Waals surface area contributed by atoms with Crippen LogP contribution in [-0.2, 0) is 0 Å². The van der Waals surface area contributed by atoms with Crippen LogP contribution in [0.1, 0.15) is 24.4 Å². The highest BCUT2D eigenvalue weighted by Gasteiger charge is 2.25. The maximum atomic E-state index is 5.83. The number of benzene rings is 1. The molecular weight excluding hydrogens is 329 g/mol. The van der Waals surface area contributed by atoms with Crippen molar-refractivity contribution >= 4 is 29.9 Å². The second kappa shape index (κ2) is 5.12. The molecule has 4 nitrogen and oxygen atoms in total. The van der Waals surface area contributed by atoms with E-state index >= 15 is 0 Å². The molecule has 0 saturated heterocycles. The molecule has 1 fully saturated rings. The summed E-state index contributed by atoms with van der Waals surface area (Å²) in [5.74, 6) is 1.46. The number of guanidine groups is 1. The van der Waals surface area contributed by atoms with Gasteiger partial charge in [-0.2, -0.15) is 0 Å². The van der Waals surface area contributed by atoms with Crippen molar-refractivity contribution in [2.75, 3.05) is 6.61 Å². The summed E-state index contributed by atoms with van der Waals surface area (Å²) in [6, 6.07) is 8.57. The van der Waals surface area contributed by atoms with Crippen molar-refractivity contribution in [3.63, 3.8) is 0 Å². The van der Waals surface area contributed by atoms with Crippen molar-refractivity contribution < 1.29 is 4.74 Å². The topological polar surface area (TPSA) is 59.6 Å². The van der Waals surface area contributed by atoms with E-state index in [-0.39, 0.29) is 30.0 Å². The van der Waals surface area contributed by atoms with Crippen molar-refractivity contribution in [2.24, 2.45) is 10.7 Å². The lowest BCUT2D eigenvalue weighted by Gasteiger charge is -2.07. The Balaban J connectivity index is 0.00000108. The van der Waals surface area contributed by atoms with E-state index in [2.05, 4.69) is 10.3 Å². The fourth-order valence-electron chi connectivity index (χ4n) is 1.89. The molecule has 1 aromatic carbocycles. The second-order valence-electron chi connectivity index (χ2n) is 4.30. The summed E-state index contributed by atoms with van der Waals surface area (Å²) in [6.07, 6.45) is 2.40. The molecule has 92 valence electrons. The molecule has 2 aliphatic rings. The van der Waals surface area contributed by atoms with Gasteiger partial charge in [0.2, 0.25) is 0 Å². The van der Waals surface area contributed by atoms with Gasteiger partial charge in [0.15, 0.2) is 5.96 Å². The third kappa shape index (κ3) is 2.83. The van der Waals surface area contributed by atoms with Crippen LogP contribution in [0.4, 0.5) is 0 Å². The molecule has 1 aliphatic heterocycles. The van der Waals surface area contributed by atoms with Gasteiger partial charge in [-0.15, -0.1) is 24.0 Å². The minimum absolute atomic E-state index is 0. The normalized spacial score (nSPS) is 22.4. The molecule has 1 aromatic rings. The summed E-state index contributed by atoms with van der Waals surface area (Å²) in [7, 11) is 0. The Morgan fingerprint density at radius 1 is 1.35 bits per heavy atom. The highest BCUT2D eigenvalue weighted by Crippen LogP contribution is 2.34. The smallest absolute Gasteiger partial charge is 0.189 e. The molecule has 0 radical (unpaired) electrons.